The molecule has 0 spiro atoms. The number of nitrogens with zero attached hydrogens (tertiary/aromatic N) is 3. The van der Waals surface area contributed by atoms with Crippen molar-refractivity contribution in [3.63, 3.8) is 0 Å². The topological polar surface area (TPSA) is 123 Å². The molecule has 3 aromatic rings. The number of aromatic amines is 1. The number of anilines is 1. The largest absolute Gasteiger partial charge is 0.489 e. The molecule has 0 amide bonds. The first kappa shape index (κ1) is 23.1. The molecule has 0 unspecified atom stereocenters. The fourth-order valence-corrected chi connectivity index (χ4v) is 3.47. The lowest BCUT2D eigenvalue weighted by Gasteiger charge is -2.16. The van der Waals surface area contributed by atoms with Crippen molar-refractivity contribution in [1.82, 2.24) is 19.1 Å². The zero-order chi connectivity index (χ0) is 22.5. The van der Waals surface area contributed by atoms with Gasteiger partial charge < -0.3 is 24.5 Å². The Morgan fingerprint density at radius 3 is 2.81 bits per heavy atom. The predicted molar refractivity (Wildman–Crippen MR) is 119 cm³/mol. The molecule has 0 aliphatic rings. The van der Waals surface area contributed by atoms with Crippen LogP contribution in [0.4, 0.5) is 5.95 Å². The van der Waals surface area contributed by atoms with Gasteiger partial charge in [-0.1, -0.05) is 23.2 Å². The smallest absolute Gasteiger partial charge is 0.329 e. The normalized spacial score (nSPS) is 12.3. The lowest BCUT2D eigenvalue weighted by molar-refractivity contribution is 0.0938. The number of aliphatic hydroxyl groups is 1. The highest BCUT2D eigenvalue weighted by Gasteiger charge is 2.20. The minimum atomic E-state index is -1.000. The highest BCUT2D eigenvalue weighted by molar-refractivity contribution is 6.35. The van der Waals surface area contributed by atoms with Gasteiger partial charge in [0.1, 0.15) is 18.5 Å². The number of aryl methyl sites for hydroxylation is 1. The van der Waals surface area contributed by atoms with Crippen LogP contribution in [0.15, 0.2) is 27.8 Å². The summed E-state index contributed by atoms with van der Waals surface area (Å²) in [5, 5.41) is 14.5. The lowest BCUT2D eigenvalue weighted by atomic mass is 10.3. The van der Waals surface area contributed by atoms with Crippen molar-refractivity contribution in [2.75, 3.05) is 32.2 Å². The van der Waals surface area contributed by atoms with E-state index in [1.165, 1.54) is 22.2 Å². The monoisotopic (exact) mass is 471 g/mol. The molecule has 3 N–H and O–H groups in total. The fourth-order valence-electron chi connectivity index (χ4n) is 3.01. The van der Waals surface area contributed by atoms with Gasteiger partial charge in [-0.3, -0.25) is 14.3 Å². The SMILES string of the molecule is COCCCNc1nc2c(c(=O)[nH]c(=O)n2C)n1C[C@@H](O)COc1ccc(Cl)cc1Cl. The second-order valence-corrected chi connectivity index (χ2v) is 7.69. The summed E-state index contributed by atoms with van der Waals surface area (Å²) in [7, 11) is 3.11. The van der Waals surface area contributed by atoms with Crippen LogP contribution in [0.25, 0.3) is 11.2 Å². The van der Waals surface area contributed by atoms with Crippen molar-refractivity contribution < 1.29 is 14.6 Å². The Hall–Kier alpha value is -2.53. The first-order valence-electron chi connectivity index (χ1n) is 9.50. The van der Waals surface area contributed by atoms with Crippen LogP contribution in [0.5, 0.6) is 5.75 Å². The van der Waals surface area contributed by atoms with Crippen LogP contribution >= 0.6 is 23.2 Å². The van der Waals surface area contributed by atoms with Crippen LogP contribution in [0.3, 0.4) is 0 Å². The number of methoxy groups -OCH3 is 1. The maximum atomic E-state index is 12.5. The van der Waals surface area contributed by atoms with E-state index in [1.54, 1.807) is 19.2 Å². The average Bonchev–Trinajstić information content (AvgIpc) is 3.07. The molecule has 0 bridgehead atoms. The van der Waals surface area contributed by atoms with Crippen molar-refractivity contribution in [2.24, 2.45) is 7.05 Å². The molecule has 0 fully saturated rings. The minimum absolute atomic E-state index is 0.00436. The van der Waals surface area contributed by atoms with Gasteiger partial charge in [0.15, 0.2) is 11.2 Å². The molecule has 0 saturated carbocycles. The molecular weight excluding hydrogens is 449 g/mol. The van der Waals surface area contributed by atoms with Crippen LogP contribution < -0.4 is 21.3 Å². The quantitative estimate of drug-likeness (QED) is 0.383. The van der Waals surface area contributed by atoms with Gasteiger partial charge in [0.25, 0.3) is 5.56 Å². The summed E-state index contributed by atoms with van der Waals surface area (Å²) in [6.07, 6.45) is -0.296. The Balaban J connectivity index is 1.85. The molecule has 168 valence electrons. The molecule has 2 aromatic heterocycles. The maximum Gasteiger partial charge on any atom is 0.329 e. The standard InChI is InChI=1S/C19H23Cl2N5O5/c1-25-16-15(17(28)24-19(25)29)26(18(23-16)22-6-3-7-30-2)9-12(27)10-31-14-5-4-11(20)8-13(14)21/h4-5,8,12,27H,3,6-7,9-10H2,1-2H3,(H,22,23)(H,24,28,29)/t12-/m1/s1. The molecule has 0 aliphatic heterocycles. The number of aromatic nitrogens is 4. The van der Waals surface area contributed by atoms with Crippen molar-refractivity contribution >= 4 is 40.3 Å². The highest BCUT2D eigenvalue weighted by atomic mass is 35.5. The summed E-state index contributed by atoms with van der Waals surface area (Å²) in [6.45, 7) is 0.976. The Kier molecular flexibility index (Phi) is 7.60. The van der Waals surface area contributed by atoms with Crippen molar-refractivity contribution in [1.29, 1.82) is 0 Å². The molecule has 3 rings (SSSR count). The number of nitrogens with one attached hydrogen (secondary N) is 2. The number of aliphatic hydroxyl groups excluding tert-OH is 1. The number of benzene rings is 1. The van der Waals surface area contributed by atoms with Gasteiger partial charge in [-0.05, 0) is 24.6 Å². The number of hydrogen-bond donors (Lipinski definition) is 3. The van der Waals surface area contributed by atoms with Crippen LogP contribution in [0.1, 0.15) is 6.42 Å². The Labute approximate surface area is 187 Å². The van der Waals surface area contributed by atoms with Gasteiger partial charge in [-0.25, -0.2) is 4.79 Å². The van der Waals surface area contributed by atoms with E-state index in [0.717, 1.165) is 0 Å². The Bertz CT molecular complexity index is 1170. The number of hydrogen-bond acceptors (Lipinski definition) is 7. The van der Waals surface area contributed by atoms with E-state index in [2.05, 4.69) is 15.3 Å². The van der Waals surface area contributed by atoms with E-state index in [1.807, 2.05) is 0 Å². The predicted octanol–water partition coefficient (Wildman–Crippen LogP) is 1.62. The van der Waals surface area contributed by atoms with Crippen LogP contribution in [0.2, 0.25) is 10.0 Å². The second-order valence-electron chi connectivity index (χ2n) is 6.85. The second kappa shape index (κ2) is 10.2. The van der Waals surface area contributed by atoms with Gasteiger partial charge in [0, 0.05) is 32.3 Å². The number of halogens is 2. The third-order valence-electron chi connectivity index (χ3n) is 4.53. The summed E-state index contributed by atoms with van der Waals surface area (Å²) in [4.78, 5) is 31.1. The number of imidazole rings is 1. The molecule has 0 radical (unpaired) electrons. The van der Waals surface area contributed by atoms with Gasteiger partial charge in [0.2, 0.25) is 5.95 Å². The summed E-state index contributed by atoms with van der Waals surface area (Å²) in [6, 6.07) is 4.77. The van der Waals surface area contributed by atoms with E-state index in [0.29, 0.717) is 41.3 Å². The fraction of sp³-hybridized carbons (Fsp3) is 0.421. The summed E-state index contributed by atoms with van der Waals surface area (Å²) in [5.41, 5.74) is -0.796. The van der Waals surface area contributed by atoms with Gasteiger partial charge in [0.05, 0.1) is 11.6 Å². The third-order valence-corrected chi connectivity index (χ3v) is 5.06. The Morgan fingerprint density at radius 2 is 2.10 bits per heavy atom. The molecule has 10 nitrogen and oxygen atoms in total. The summed E-state index contributed by atoms with van der Waals surface area (Å²) >= 11 is 12.0. The molecule has 0 saturated heterocycles. The van der Waals surface area contributed by atoms with E-state index < -0.39 is 17.4 Å². The third kappa shape index (κ3) is 5.40. The van der Waals surface area contributed by atoms with Gasteiger partial charge >= 0.3 is 5.69 Å². The number of H-pyrrole nitrogens is 1. The van der Waals surface area contributed by atoms with Gasteiger partial charge in [-0.15, -0.1) is 0 Å². The molecule has 12 heteroatoms. The van der Waals surface area contributed by atoms with Crippen molar-refractivity contribution in [2.45, 2.75) is 19.1 Å². The molecule has 31 heavy (non-hydrogen) atoms. The first-order chi connectivity index (χ1) is 14.8. The highest BCUT2D eigenvalue weighted by Crippen LogP contribution is 2.27. The van der Waals surface area contributed by atoms with Crippen LogP contribution in [-0.2, 0) is 18.3 Å². The minimum Gasteiger partial charge on any atom is -0.489 e. The number of ether oxygens (including phenoxy) is 2. The van der Waals surface area contributed by atoms with Crippen LogP contribution in [-0.4, -0.2) is 57.2 Å². The molecular formula is C19H23Cl2N5O5. The number of fused-ring (bicyclic) bond motifs is 1. The number of rotatable bonds is 10. The Morgan fingerprint density at radius 1 is 1.32 bits per heavy atom. The van der Waals surface area contributed by atoms with E-state index in [-0.39, 0.29) is 24.3 Å². The average molecular weight is 472 g/mol. The van der Waals surface area contributed by atoms with E-state index in [9.17, 15) is 14.7 Å². The van der Waals surface area contributed by atoms with Crippen molar-refractivity contribution in [3.8, 4) is 5.75 Å². The van der Waals surface area contributed by atoms with Crippen LogP contribution in [0, 0.1) is 0 Å². The zero-order valence-corrected chi connectivity index (χ0v) is 18.5. The molecule has 0 aliphatic carbocycles. The molecule has 2 heterocycles. The maximum absolute atomic E-state index is 12.5. The van der Waals surface area contributed by atoms with Gasteiger partial charge in [-0.2, -0.15) is 4.98 Å². The van der Waals surface area contributed by atoms with Crippen molar-refractivity contribution in [3.05, 3.63) is 49.1 Å². The summed E-state index contributed by atoms with van der Waals surface area (Å²) in [5.74, 6) is 0.722. The van der Waals surface area contributed by atoms with E-state index in [4.69, 9.17) is 32.7 Å². The van der Waals surface area contributed by atoms with E-state index >= 15 is 0 Å². The zero-order valence-electron chi connectivity index (χ0n) is 17.0. The lowest BCUT2D eigenvalue weighted by Crippen LogP contribution is -2.31. The summed E-state index contributed by atoms with van der Waals surface area (Å²) < 4.78 is 13.4. The first-order valence-corrected chi connectivity index (χ1v) is 10.3. The molecule has 1 aromatic carbocycles. The molecule has 1 atom stereocenters.